The summed E-state index contributed by atoms with van der Waals surface area (Å²) in [5.41, 5.74) is 8.64. The first-order valence-electron chi connectivity index (χ1n) is 9.83. The molecule has 30 heavy (non-hydrogen) atoms. The number of nitriles is 1. The molecule has 4 heterocycles. The summed E-state index contributed by atoms with van der Waals surface area (Å²) in [5, 5.41) is 15.4. The monoisotopic (exact) mass is 405 g/mol. The van der Waals surface area contributed by atoms with Crippen molar-refractivity contribution in [2.75, 3.05) is 12.3 Å². The van der Waals surface area contributed by atoms with Gasteiger partial charge in [-0.1, -0.05) is 0 Å². The molecule has 8 nitrogen and oxygen atoms in total. The average Bonchev–Trinajstić information content (AvgIpc) is 3.28. The van der Waals surface area contributed by atoms with Crippen molar-refractivity contribution in [1.29, 1.82) is 5.26 Å². The quantitative estimate of drug-likeness (QED) is 0.545. The Morgan fingerprint density at radius 2 is 2.10 bits per heavy atom. The molecule has 152 valence electrons. The second kappa shape index (κ2) is 6.78. The number of fused-ring (bicyclic) bond motifs is 2. The highest BCUT2D eigenvalue weighted by atomic mass is 19.1. The van der Waals surface area contributed by atoms with Crippen LogP contribution in [-0.4, -0.2) is 30.9 Å². The maximum atomic E-state index is 15.1. The smallest absolute Gasteiger partial charge is 0.151 e. The average molecular weight is 405 g/mol. The Labute approximate surface area is 171 Å². The zero-order chi connectivity index (χ0) is 21.0. The van der Waals surface area contributed by atoms with Crippen molar-refractivity contribution in [3.8, 4) is 11.8 Å². The van der Waals surface area contributed by atoms with E-state index in [0.29, 0.717) is 45.6 Å². The Morgan fingerprint density at radius 3 is 2.83 bits per heavy atom. The minimum absolute atomic E-state index is 0.198. The van der Waals surface area contributed by atoms with E-state index in [1.807, 2.05) is 0 Å². The van der Waals surface area contributed by atoms with Crippen LogP contribution in [0.2, 0.25) is 0 Å². The van der Waals surface area contributed by atoms with Crippen LogP contribution < -0.4 is 5.73 Å². The number of hydrogen-bond acceptors (Lipinski definition) is 6. The van der Waals surface area contributed by atoms with E-state index in [9.17, 15) is 5.26 Å². The number of aromatic nitrogens is 5. The highest BCUT2D eigenvalue weighted by Crippen LogP contribution is 2.37. The highest BCUT2D eigenvalue weighted by molar-refractivity contribution is 5.96. The molecule has 0 saturated carbocycles. The van der Waals surface area contributed by atoms with Gasteiger partial charge in [0.15, 0.2) is 11.9 Å². The summed E-state index contributed by atoms with van der Waals surface area (Å²) in [4.78, 5) is 8.70. The van der Waals surface area contributed by atoms with Crippen molar-refractivity contribution in [2.24, 2.45) is 0 Å². The van der Waals surface area contributed by atoms with Gasteiger partial charge in [-0.3, -0.25) is 4.57 Å². The molecule has 1 saturated heterocycles. The second-order valence-corrected chi connectivity index (χ2v) is 7.54. The zero-order valence-corrected chi connectivity index (χ0v) is 16.7. The Hall–Kier alpha value is -3.51. The Balaban J connectivity index is 1.85. The minimum Gasteiger partial charge on any atom is -0.384 e. The van der Waals surface area contributed by atoms with Crippen LogP contribution in [0, 0.1) is 31.0 Å². The largest absolute Gasteiger partial charge is 0.384 e. The lowest BCUT2D eigenvalue weighted by Gasteiger charge is -2.23. The highest BCUT2D eigenvalue weighted by Gasteiger charge is 2.25. The van der Waals surface area contributed by atoms with Crippen molar-refractivity contribution in [3.05, 3.63) is 41.2 Å². The standard InChI is InChI=1S/C21H20FN7O/c1-11-16(22)7-17-15(10-26-29(17)18-5-3-4-6-30-18)19(11)28-20(24)13(8-23)14-9-25-12(2)27-21(14)28/h7,9-10,18H,3-6,24H2,1-2H3. The molecule has 1 aliphatic heterocycles. The van der Waals surface area contributed by atoms with Gasteiger partial charge in [-0.15, -0.1) is 0 Å². The fourth-order valence-corrected chi connectivity index (χ4v) is 4.19. The predicted octanol–water partition coefficient (Wildman–Crippen LogP) is 3.68. The van der Waals surface area contributed by atoms with Crippen molar-refractivity contribution in [2.45, 2.75) is 39.3 Å². The molecule has 2 N–H and O–H groups in total. The first-order chi connectivity index (χ1) is 14.5. The number of halogens is 1. The third kappa shape index (κ3) is 2.57. The van der Waals surface area contributed by atoms with Crippen molar-refractivity contribution >= 4 is 27.8 Å². The fraction of sp³-hybridized carbons (Fsp3) is 0.333. The van der Waals surface area contributed by atoms with E-state index in [4.69, 9.17) is 10.5 Å². The van der Waals surface area contributed by atoms with Gasteiger partial charge in [-0.05, 0) is 33.1 Å². The van der Waals surface area contributed by atoms with Gasteiger partial charge in [-0.25, -0.2) is 19.0 Å². The second-order valence-electron chi connectivity index (χ2n) is 7.54. The summed E-state index contributed by atoms with van der Waals surface area (Å²) in [7, 11) is 0. The molecule has 1 fully saturated rings. The van der Waals surface area contributed by atoms with Crippen molar-refractivity contribution in [1.82, 2.24) is 24.3 Å². The lowest BCUT2D eigenvalue weighted by Crippen LogP contribution is -2.19. The molecular weight excluding hydrogens is 385 g/mol. The molecule has 0 spiro atoms. The predicted molar refractivity (Wildman–Crippen MR) is 110 cm³/mol. The van der Waals surface area contributed by atoms with E-state index < -0.39 is 0 Å². The number of aryl methyl sites for hydroxylation is 1. The van der Waals surface area contributed by atoms with Crippen LogP contribution in [0.5, 0.6) is 0 Å². The van der Waals surface area contributed by atoms with Gasteiger partial charge in [0.05, 0.1) is 22.8 Å². The van der Waals surface area contributed by atoms with E-state index >= 15 is 4.39 Å². The van der Waals surface area contributed by atoms with Crippen LogP contribution in [-0.2, 0) is 4.74 Å². The summed E-state index contributed by atoms with van der Waals surface area (Å²) in [5.74, 6) is 0.340. The summed E-state index contributed by atoms with van der Waals surface area (Å²) >= 11 is 0. The Kier molecular flexibility index (Phi) is 4.18. The molecule has 3 aromatic heterocycles. The molecule has 5 rings (SSSR count). The van der Waals surface area contributed by atoms with Gasteiger partial charge >= 0.3 is 0 Å². The summed E-state index contributed by atoms with van der Waals surface area (Å²) in [6.45, 7) is 4.10. The number of nitrogens with two attached hydrogens (primary N) is 1. The molecule has 9 heteroatoms. The number of rotatable bonds is 2. The number of benzene rings is 1. The number of nitrogen functional groups attached to an aromatic ring is 1. The first kappa shape index (κ1) is 18.5. The molecular formula is C21H20FN7O. The van der Waals surface area contributed by atoms with Gasteiger partial charge in [0.2, 0.25) is 0 Å². The SMILES string of the molecule is Cc1ncc2c(C#N)c(N)n(-c3c(C)c(F)cc4c3cnn4C3CCCCO3)c2n1. The molecule has 0 bridgehead atoms. The minimum atomic E-state index is -0.388. The van der Waals surface area contributed by atoms with Crippen LogP contribution in [0.3, 0.4) is 0 Å². The van der Waals surface area contributed by atoms with Gasteiger partial charge < -0.3 is 10.5 Å². The Morgan fingerprint density at radius 1 is 1.27 bits per heavy atom. The number of nitrogens with zero attached hydrogens (tertiary/aromatic N) is 6. The number of ether oxygens (including phenoxy) is 1. The van der Waals surface area contributed by atoms with E-state index in [1.165, 1.54) is 6.07 Å². The molecule has 0 radical (unpaired) electrons. The van der Waals surface area contributed by atoms with E-state index in [1.54, 1.807) is 35.5 Å². The van der Waals surface area contributed by atoms with Crippen LogP contribution in [0.1, 0.15) is 42.4 Å². The molecule has 0 aliphatic carbocycles. The summed E-state index contributed by atoms with van der Waals surface area (Å²) in [6.07, 6.45) is 5.90. The van der Waals surface area contributed by atoms with E-state index in [0.717, 1.165) is 19.3 Å². The summed E-state index contributed by atoms with van der Waals surface area (Å²) in [6, 6.07) is 3.61. The Bertz CT molecular complexity index is 1340. The molecule has 1 atom stereocenters. The van der Waals surface area contributed by atoms with E-state index in [2.05, 4.69) is 21.1 Å². The van der Waals surface area contributed by atoms with Gasteiger partial charge in [0.25, 0.3) is 0 Å². The van der Waals surface area contributed by atoms with Gasteiger partial charge in [-0.2, -0.15) is 10.4 Å². The van der Waals surface area contributed by atoms with Crippen LogP contribution in [0.15, 0.2) is 18.5 Å². The molecule has 1 unspecified atom stereocenters. The molecule has 1 aliphatic rings. The number of hydrogen-bond donors (Lipinski definition) is 1. The van der Waals surface area contributed by atoms with Crippen LogP contribution in [0.25, 0.3) is 27.6 Å². The maximum absolute atomic E-state index is 15.1. The third-order valence-corrected chi connectivity index (χ3v) is 5.70. The van der Waals surface area contributed by atoms with Crippen molar-refractivity contribution < 1.29 is 9.13 Å². The van der Waals surface area contributed by atoms with Crippen LogP contribution >= 0.6 is 0 Å². The van der Waals surface area contributed by atoms with Crippen molar-refractivity contribution in [3.63, 3.8) is 0 Å². The van der Waals surface area contributed by atoms with Gasteiger partial charge in [0, 0.05) is 29.8 Å². The topological polar surface area (TPSA) is 108 Å². The van der Waals surface area contributed by atoms with Gasteiger partial charge in [0.1, 0.15) is 29.1 Å². The first-order valence-corrected chi connectivity index (χ1v) is 9.83. The zero-order valence-electron chi connectivity index (χ0n) is 16.7. The summed E-state index contributed by atoms with van der Waals surface area (Å²) < 4.78 is 24.3. The fourth-order valence-electron chi connectivity index (χ4n) is 4.19. The molecule has 0 amide bonds. The maximum Gasteiger partial charge on any atom is 0.151 e. The normalized spacial score (nSPS) is 16.9. The lowest BCUT2D eigenvalue weighted by atomic mass is 10.1. The third-order valence-electron chi connectivity index (χ3n) is 5.70. The lowest BCUT2D eigenvalue weighted by molar-refractivity contribution is -0.0366. The van der Waals surface area contributed by atoms with Crippen LogP contribution in [0.4, 0.5) is 10.2 Å². The number of anilines is 1. The molecule has 1 aromatic carbocycles. The molecule has 4 aromatic rings. The van der Waals surface area contributed by atoms with E-state index in [-0.39, 0.29) is 23.4 Å².